The summed E-state index contributed by atoms with van der Waals surface area (Å²) in [4.78, 5) is 13.5. The van der Waals surface area contributed by atoms with Crippen molar-refractivity contribution in [2.75, 3.05) is 11.9 Å². The molecule has 0 saturated carbocycles. The largest absolute Gasteiger partial charge is 0.322 e. The Morgan fingerprint density at radius 3 is 2.82 bits per heavy atom. The van der Waals surface area contributed by atoms with Gasteiger partial charge in [-0.15, -0.1) is 0 Å². The van der Waals surface area contributed by atoms with Crippen LogP contribution >= 0.6 is 11.6 Å². The van der Waals surface area contributed by atoms with Gasteiger partial charge in [-0.25, -0.2) is 4.79 Å². The number of benzene rings is 1. The molecule has 1 aromatic rings. The maximum Gasteiger partial charge on any atom is 0.322 e. The number of nitriles is 1. The third kappa shape index (κ3) is 2.69. The first-order chi connectivity index (χ1) is 8.20. The molecule has 0 radical (unpaired) electrons. The van der Waals surface area contributed by atoms with Crippen LogP contribution in [-0.4, -0.2) is 23.5 Å². The number of urea groups is 1. The quantitative estimate of drug-likeness (QED) is 0.832. The van der Waals surface area contributed by atoms with Crippen molar-refractivity contribution in [3.05, 3.63) is 29.3 Å². The van der Waals surface area contributed by atoms with Crippen LogP contribution in [0.3, 0.4) is 0 Å². The number of nitrogens with zero attached hydrogens (tertiary/aromatic N) is 2. The first-order valence-electron chi connectivity index (χ1n) is 5.43. The van der Waals surface area contributed by atoms with Crippen LogP contribution in [0.15, 0.2) is 24.3 Å². The fourth-order valence-electron chi connectivity index (χ4n) is 1.87. The van der Waals surface area contributed by atoms with Crippen LogP contribution < -0.4 is 5.32 Å². The highest BCUT2D eigenvalue weighted by molar-refractivity contribution is 6.30. The second kappa shape index (κ2) is 5.07. The Bertz CT molecular complexity index is 452. The molecule has 0 aliphatic carbocycles. The van der Waals surface area contributed by atoms with E-state index in [-0.39, 0.29) is 12.1 Å². The van der Waals surface area contributed by atoms with Crippen molar-refractivity contribution in [1.29, 1.82) is 5.26 Å². The van der Waals surface area contributed by atoms with Gasteiger partial charge in [-0.1, -0.05) is 11.6 Å². The molecule has 1 aliphatic rings. The molecule has 1 fully saturated rings. The zero-order valence-corrected chi connectivity index (χ0v) is 9.94. The van der Waals surface area contributed by atoms with E-state index in [0.29, 0.717) is 17.3 Å². The third-order valence-corrected chi connectivity index (χ3v) is 3.01. The molecule has 5 heteroatoms. The fourth-order valence-corrected chi connectivity index (χ4v) is 2.00. The summed E-state index contributed by atoms with van der Waals surface area (Å²) in [5.41, 5.74) is 0.683. The zero-order valence-electron chi connectivity index (χ0n) is 9.19. The molecule has 1 aromatic carbocycles. The lowest BCUT2D eigenvalue weighted by Gasteiger charge is -2.19. The van der Waals surface area contributed by atoms with E-state index < -0.39 is 0 Å². The minimum atomic E-state index is -0.303. The van der Waals surface area contributed by atoms with E-state index in [1.54, 1.807) is 29.2 Å². The zero-order chi connectivity index (χ0) is 12.3. The van der Waals surface area contributed by atoms with E-state index in [4.69, 9.17) is 16.9 Å². The SMILES string of the molecule is N#CC1CCCN1C(=O)Nc1ccc(Cl)cc1. The second-order valence-corrected chi connectivity index (χ2v) is 4.35. The van der Waals surface area contributed by atoms with E-state index in [1.807, 2.05) is 0 Å². The summed E-state index contributed by atoms with van der Waals surface area (Å²) < 4.78 is 0. The Labute approximate surface area is 105 Å². The lowest BCUT2D eigenvalue weighted by Crippen LogP contribution is -2.37. The van der Waals surface area contributed by atoms with Crippen molar-refractivity contribution in [1.82, 2.24) is 4.90 Å². The smallest absolute Gasteiger partial charge is 0.308 e. The Morgan fingerprint density at radius 1 is 1.47 bits per heavy atom. The van der Waals surface area contributed by atoms with Gasteiger partial charge in [0.05, 0.1) is 6.07 Å². The molecule has 1 aliphatic heterocycles. The molecular formula is C12H12ClN3O. The second-order valence-electron chi connectivity index (χ2n) is 3.92. The Kier molecular flexibility index (Phi) is 3.50. The van der Waals surface area contributed by atoms with Crippen LogP contribution in [0.2, 0.25) is 5.02 Å². The number of halogens is 1. The molecule has 1 heterocycles. The normalized spacial score (nSPS) is 18.8. The van der Waals surface area contributed by atoms with E-state index in [9.17, 15) is 4.79 Å². The summed E-state index contributed by atoms with van der Waals surface area (Å²) in [5.74, 6) is 0. The van der Waals surface area contributed by atoms with Gasteiger partial charge in [-0.2, -0.15) is 5.26 Å². The van der Waals surface area contributed by atoms with Crippen molar-refractivity contribution in [2.24, 2.45) is 0 Å². The van der Waals surface area contributed by atoms with Crippen LogP contribution in [-0.2, 0) is 0 Å². The standard InChI is InChI=1S/C12H12ClN3O/c13-9-3-5-10(6-4-9)15-12(17)16-7-1-2-11(16)8-14/h3-6,11H,1-2,7H2,(H,15,17). The molecule has 2 amide bonds. The summed E-state index contributed by atoms with van der Waals surface area (Å²) in [7, 11) is 0. The summed E-state index contributed by atoms with van der Waals surface area (Å²) in [5, 5.41) is 12.3. The summed E-state index contributed by atoms with van der Waals surface area (Å²) in [6.45, 7) is 0.637. The average Bonchev–Trinajstić information content (AvgIpc) is 2.80. The van der Waals surface area contributed by atoms with E-state index in [1.165, 1.54) is 0 Å². The minimum Gasteiger partial charge on any atom is -0.308 e. The Morgan fingerprint density at radius 2 is 2.18 bits per heavy atom. The van der Waals surface area contributed by atoms with Crippen molar-refractivity contribution in [3.8, 4) is 6.07 Å². The van der Waals surface area contributed by atoms with Gasteiger partial charge in [0, 0.05) is 17.3 Å². The fraction of sp³-hybridized carbons (Fsp3) is 0.333. The molecule has 1 saturated heterocycles. The van der Waals surface area contributed by atoms with Gasteiger partial charge in [-0.05, 0) is 37.1 Å². The predicted molar refractivity (Wildman–Crippen MR) is 65.8 cm³/mol. The first-order valence-corrected chi connectivity index (χ1v) is 5.81. The first kappa shape index (κ1) is 11.7. The van der Waals surface area contributed by atoms with Crippen molar-refractivity contribution < 1.29 is 4.79 Å². The molecule has 1 unspecified atom stereocenters. The third-order valence-electron chi connectivity index (χ3n) is 2.76. The van der Waals surface area contributed by atoms with Gasteiger partial charge in [0.1, 0.15) is 6.04 Å². The maximum atomic E-state index is 11.9. The summed E-state index contributed by atoms with van der Waals surface area (Å²) in [6, 6.07) is 8.49. The lowest BCUT2D eigenvalue weighted by molar-refractivity contribution is 0.215. The molecule has 1 N–H and O–H groups in total. The van der Waals surface area contributed by atoms with Gasteiger partial charge in [0.25, 0.3) is 0 Å². The number of carbonyl (C=O) groups excluding carboxylic acids is 1. The number of hydrogen-bond acceptors (Lipinski definition) is 2. The Balaban J connectivity index is 2.02. The average molecular weight is 250 g/mol. The van der Waals surface area contributed by atoms with Gasteiger partial charge < -0.3 is 10.2 Å². The van der Waals surface area contributed by atoms with Gasteiger partial charge >= 0.3 is 6.03 Å². The number of hydrogen-bond donors (Lipinski definition) is 1. The molecular weight excluding hydrogens is 238 g/mol. The van der Waals surface area contributed by atoms with Crippen LogP contribution in [0.5, 0.6) is 0 Å². The number of likely N-dealkylation sites (tertiary alicyclic amines) is 1. The molecule has 4 nitrogen and oxygen atoms in total. The molecule has 88 valence electrons. The van der Waals surface area contributed by atoms with Crippen LogP contribution in [0.1, 0.15) is 12.8 Å². The van der Waals surface area contributed by atoms with Crippen LogP contribution in [0.4, 0.5) is 10.5 Å². The van der Waals surface area contributed by atoms with Crippen molar-refractivity contribution in [3.63, 3.8) is 0 Å². The number of nitrogens with one attached hydrogen (secondary N) is 1. The van der Waals surface area contributed by atoms with Gasteiger partial charge in [0.2, 0.25) is 0 Å². The van der Waals surface area contributed by atoms with E-state index in [2.05, 4.69) is 11.4 Å². The van der Waals surface area contributed by atoms with Gasteiger partial charge in [-0.3, -0.25) is 0 Å². The maximum absolute atomic E-state index is 11.9. The predicted octanol–water partition coefficient (Wildman–Crippen LogP) is 2.86. The molecule has 0 bridgehead atoms. The van der Waals surface area contributed by atoms with Crippen LogP contribution in [0, 0.1) is 11.3 Å². The number of rotatable bonds is 1. The Hall–Kier alpha value is -1.73. The minimum absolute atomic E-state index is 0.226. The van der Waals surface area contributed by atoms with Crippen molar-refractivity contribution in [2.45, 2.75) is 18.9 Å². The van der Waals surface area contributed by atoms with Crippen LogP contribution in [0.25, 0.3) is 0 Å². The summed E-state index contributed by atoms with van der Waals surface area (Å²) in [6.07, 6.45) is 1.64. The number of amides is 2. The highest BCUT2D eigenvalue weighted by Gasteiger charge is 2.28. The molecule has 2 rings (SSSR count). The highest BCUT2D eigenvalue weighted by Crippen LogP contribution is 2.19. The molecule has 0 aromatic heterocycles. The van der Waals surface area contributed by atoms with E-state index >= 15 is 0 Å². The van der Waals surface area contributed by atoms with E-state index in [0.717, 1.165) is 12.8 Å². The molecule has 0 spiro atoms. The lowest BCUT2D eigenvalue weighted by atomic mass is 10.2. The topological polar surface area (TPSA) is 56.1 Å². The molecule has 1 atom stereocenters. The monoisotopic (exact) mass is 249 g/mol. The van der Waals surface area contributed by atoms with Crippen molar-refractivity contribution >= 4 is 23.3 Å². The number of anilines is 1. The van der Waals surface area contributed by atoms with Gasteiger partial charge in [0.15, 0.2) is 0 Å². The highest BCUT2D eigenvalue weighted by atomic mass is 35.5. The number of carbonyl (C=O) groups is 1. The summed E-state index contributed by atoms with van der Waals surface area (Å²) >= 11 is 5.75. The molecule has 17 heavy (non-hydrogen) atoms.